The van der Waals surface area contributed by atoms with Crippen molar-refractivity contribution in [1.82, 2.24) is 0 Å². The third-order valence-electron chi connectivity index (χ3n) is 5.13. The predicted molar refractivity (Wildman–Crippen MR) is 79.0 cm³/mol. The zero-order valence-electron chi connectivity index (χ0n) is 13.4. The van der Waals surface area contributed by atoms with E-state index in [9.17, 15) is 4.79 Å². The topological polar surface area (TPSA) is 35.5 Å². The van der Waals surface area contributed by atoms with Gasteiger partial charge in [-0.25, -0.2) is 0 Å². The molecule has 1 heterocycles. The first-order valence-electron chi connectivity index (χ1n) is 7.41. The Labute approximate surface area is 122 Å². The van der Waals surface area contributed by atoms with Crippen LogP contribution >= 0.6 is 0 Å². The number of hydrogen-bond acceptors (Lipinski definition) is 3. The molecule has 1 aliphatic carbocycles. The van der Waals surface area contributed by atoms with E-state index in [-0.39, 0.29) is 11.4 Å². The van der Waals surface area contributed by atoms with Crippen LogP contribution in [0.1, 0.15) is 41.5 Å². The molecule has 112 valence electrons. The normalized spacial score (nSPS) is 36.0. The molecule has 0 spiro atoms. The van der Waals surface area contributed by atoms with E-state index in [1.807, 2.05) is 0 Å². The Hall–Kier alpha value is -1.25. The summed E-state index contributed by atoms with van der Waals surface area (Å²) in [6, 6.07) is 0. The molecule has 0 N–H and O–H groups in total. The average molecular weight is 278 g/mol. The van der Waals surface area contributed by atoms with Crippen LogP contribution in [-0.2, 0) is 14.3 Å². The van der Waals surface area contributed by atoms with Crippen molar-refractivity contribution in [3.63, 3.8) is 0 Å². The van der Waals surface area contributed by atoms with Crippen LogP contribution in [-0.4, -0.2) is 19.2 Å². The first-order valence-corrected chi connectivity index (χ1v) is 7.41. The van der Waals surface area contributed by atoms with Crippen molar-refractivity contribution in [2.24, 2.45) is 23.2 Å². The van der Waals surface area contributed by atoms with Gasteiger partial charge < -0.3 is 9.47 Å². The van der Waals surface area contributed by atoms with Gasteiger partial charge in [0.05, 0.1) is 6.61 Å². The van der Waals surface area contributed by atoms with Gasteiger partial charge in [0, 0.05) is 18.3 Å². The molecule has 0 aromatic carbocycles. The standard InChI is InChI=1S/C17H26O3/c1-10(2)16-15-11(3)7-12(4)17(9-20-16,13(15)5)8-19-14(6)18/h7,12-13,15H,8-9H2,1-6H3/t12-,13+,15+,17-/m1/s1. The molecule has 0 radical (unpaired) electrons. The van der Waals surface area contributed by atoms with Crippen LogP contribution < -0.4 is 0 Å². The van der Waals surface area contributed by atoms with Crippen LogP contribution in [0.3, 0.4) is 0 Å². The summed E-state index contributed by atoms with van der Waals surface area (Å²) in [5, 5.41) is 0. The van der Waals surface area contributed by atoms with Crippen molar-refractivity contribution in [2.45, 2.75) is 41.5 Å². The summed E-state index contributed by atoms with van der Waals surface area (Å²) in [4.78, 5) is 11.2. The van der Waals surface area contributed by atoms with E-state index in [0.29, 0.717) is 31.0 Å². The second kappa shape index (κ2) is 5.27. The summed E-state index contributed by atoms with van der Waals surface area (Å²) in [5.74, 6) is 1.99. The van der Waals surface area contributed by atoms with Gasteiger partial charge in [-0.2, -0.15) is 0 Å². The van der Waals surface area contributed by atoms with Gasteiger partial charge in [0.2, 0.25) is 0 Å². The number of hydrogen-bond donors (Lipinski definition) is 0. The number of esters is 1. The molecule has 1 saturated heterocycles. The van der Waals surface area contributed by atoms with Gasteiger partial charge in [0.25, 0.3) is 0 Å². The first-order chi connectivity index (χ1) is 9.29. The monoisotopic (exact) mass is 278 g/mol. The molecule has 3 nitrogen and oxygen atoms in total. The van der Waals surface area contributed by atoms with Gasteiger partial charge in [-0.15, -0.1) is 0 Å². The lowest BCUT2D eigenvalue weighted by molar-refractivity contribution is -0.155. The van der Waals surface area contributed by atoms with Crippen molar-refractivity contribution in [3.8, 4) is 0 Å². The number of allylic oxidation sites excluding steroid dienone is 3. The van der Waals surface area contributed by atoms with Gasteiger partial charge >= 0.3 is 5.97 Å². The van der Waals surface area contributed by atoms with Crippen LogP contribution in [0.4, 0.5) is 0 Å². The molecule has 0 aromatic heterocycles. The van der Waals surface area contributed by atoms with Crippen LogP contribution in [0.2, 0.25) is 0 Å². The van der Waals surface area contributed by atoms with Crippen LogP contribution in [0.15, 0.2) is 23.0 Å². The maximum absolute atomic E-state index is 11.2. The third-order valence-corrected chi connectivity index (χ3v) is 5.13. The smallest absolute Gasteiger partial charge is 0.302 e. The number of carbonyl (C=O) groups is 1. The second-order valence-electron chi connectivity index (χ2n) is 6.63. The van der Waals surface area contributed by atoms with Gasteiger partial charge in [0.1, 0.15) is 12.4 Å². The lowest BCUT2D eigenvalue weighted by Gasteiger charge is -2.53. The second-order valence-corrected chi connectivity index (χ2v) is 6.63. The molecular weight excluding hydrogens is 252 g/mol. The van der Waals surface area contributed by atoms with Gasteiger partial charge in [-0.1, -0.05) is 25.5 Å². The van der Waals surface area contributed by atoms with E-state index < -0.39 is 0 Å². The quantitative estimate of drug-likeness (QED) is 0.570. The molecule has 0 aromatic rings. The Balaban J connectivity index is 2.41. The van der Waals surface area contributed by atoms with Crippen LogP contribution in [0.5, 0.6) is 0 Å². The maximum Gasteiger partial charge on any atom is 0.302 e. The van der Waals surface area contributed by atoms with E-state index in [2.05, 4.69) is 40.7 Å². The molecular formula is C17H26O3. The van der Waals surface area contributed by atoms with Crippen LogP contribution in [0, 0.1) is 23.2 Å². The van der Waals surface area contributed by atoms with Gasteiger partial charge in [0.15, 0.2) is 0 Å². The number of rotatable bonds is 2. The van der Waals surface area contributed by atoms with Crippen molar-refractivity contribution >= 4 is 5.97 Å². The zero-order valence-corrected chi connectivity index (χ0v) is 13.4. The van der Waals surface area contributed by atoms with E-state index in [4.69, 9.17) is 9.47 Å². The molecule has 2 bridgehead atoms. The molecule has 0 amide bonds. The van der Waals surface area contributed by atoms with E-state index in [0.717, 1.165) is 5.76 Å². The molecule has 0 saturated carbocycles. The highest BCUT2D eigenvalue weighted by Crippen LogP contribution is 2.54. The SMILES string of the molecule is CC(=O)OC[C@@]12COC(=C(C)C)[C@@H](C(C)=C[C@H]1C)[C@@H]2C. The van der Waals surface area contributed by atoms with Crippen molar-refractivity contribution in [1.29, 1.82) is 0 Å². The van der Waals surface area contributed by atoms with Crippen LogP contribution in [0.25, 0.3) is 0 Å². The summed E-state index contributed by atoms with van der Waals surface area (Å²) in [5.41, 5.74) is 2.51. The Morgan fingerprint density at radius 3 is 2.60 bits per heavy atom. The lowest BCUT2D eigenvalue weighted by atomic mass is 9.57. The first kappa shape index (κ1) is 15.1. The minimum Gasteiger partial charge on any atom is -0.497 e. The lowest BCUT2D eigenvalue weighted by Crippen LogP contribution is -2.53. The van der Waals surface area contributed by atoms with Gasteiger partial charge in [-0.3, -0.25) is 4.79 Å². The van der Waals surface area contributed by atoms with E-state index in [1.54, 1.807) is 0 Å². The maximum atomic E-state index is 11.2. The van der Waals surface area contributed by atoms with E-state index >= 15 is 0 Å². The zero-order chi connectivity index (χ0) is 15.1. The summed E-state index contributed by atoms with van der Waals surface area (Å²) >= 11 is 0. The minimum absolute atomic E-state index is 0.102. The van der Waals surface area contributed by atoms with Crippen molar-refractivity contribution in [2.75, 3.05) is 13.2 Å². The highest BCUT2D eigenvalue weighted by Gasteiger charge is 2.53. The average Bonchev–Trinajstić information content (AvgIpc) is 2.34. The summed E-state index contributed by atoms with van der Waals surface area (Å²) in [6.07, 6.45) is 2.33. The summed E-state index contributed by atoms with van der Waals surface area (Å²) < 4.78 is 11.5. The van der Waals surface area contributed by atoms with E-state index in [1.165, 1.54) is 18.1 Å². The van der Waals surface area contributed by atoms with Crippen molar-refractivity contribution in [3.05, 3.63) is 23.0 Å². The molecule has 4 atom stereocenters. The summed E-state index contributed by atoms with van der Waals surface area (Å²) in [6.45, 7) is 13.4. The molecule has 1 fully saturated rings. The Bertz CT molecular complexity index is 471. The fourth-order valence-corrected chi connectivity index (χ4v) is 3.80. The molecule has 20 heavy (non-hydrogen) atoms. The Kier molecular flexibility index (Phi) is 3.99. The Morgan fingerprint density at radius 2 is 2.05 bits per heavy atom. The highest BCUT2D eigenvalue weighted by molar-refractivity contribution is 5.66. The number of carbonyl (C=O) groups excluding carboxylic acids is 1. The summed E-state index contributed by atoms with van der Waals surface area (Å²) in [7, 11) is 0. The molecule has 1 aliphatic heterocycles. The molecule has 3 heteroatoms. The molecule has 2 rings (SSSR count). The van der Waals surface area contributed by atoms with Crippen molar-refractivity contribution < 1.29 is 14.3 Å². The fourth-order valence-electron chi connectivity index (χ4n) is 3.80. The Morgan fingerprint density at radius 1 is 1.40 bits per heavy atom. The highest BCUT2D eigenvalue weighted by atomic mass is 16.5. The third kappa shape index (κ3) is 2.27. The number of ether oxygens (including phenoxy) is 2. The fraction of sp³-hybridized carbons (Fsp3) is 0.706. The molecule has 2 aliphatic rings. The molecule has 0 unspecified atom stereocenters. The minimum atomic E-state index is -0.213. The predicted octanol–water partition coefficient (Wildman–Crippen LogP) is 3.71. The van der Waals surface area contributed by atoms with Gasteiger partial charge in [-0.05, 0) is 38.2 Å². The number of fused-ring (bicyclic) bond motifs is 2. The largest absolute Gasteiger partial charge is 0.497 e.